The van der Waals surface area contributed by atoms with Crippen LogP contribution in [0.15, 0.2) is 28.8 Å². The second-order valence-electron chi connectivity index (χ2n) is 4.80. The predicted octanol–water partition coefficient (Wildman–Crippen LogP) is 3.12. The van der Waals surface area contributed by atoms with Crippen LogP contribution < -0.4 is 5.73 Å². The van der Waals surface area contributed by atoms with Crippen LogP contribution in [0.5, 0.6) is 0 Å². The van der Waals surface area contributed by atoms with Gasteiger partial charge in [-0.15, -0.1) is 0 Å². The van der Waals surface area contributed by atoms with Gasteiger partial charge in [-0.3, -0.25) is 0 Å². The van der Waals surface area contributed by atoms with Crippen molar-refractivity contribution in [3.63, 3.8) is 0 Å². The third-order valence-electron chi connectivity index (χ3n) is 3.43. The molecule has 18 heavy (non-hydrogen) atoms. The number of rotatable bonds is 2. The fourth-order valence-electron chi connectivity index (χ4n) is 2.39. The average Bonchev–Trinajstić information content (AvgIpc) is 2.98. The molecule has 0 saturated heterocycles. The van der Waals surface area contributed by atoms with E-state index in [1.807, 2.05) is 24.3 Å². The summed E-state index contributed by atoms with van der Waals surface area (Å²) in [7, 11) is 0. The van der Waals surface area contributed by atoms with E-state index in [1.165, 1.54) is 0 Å². The van der Waals surface area contributed by atoms with Crippen LogP contribution in [-0.4, -0.2) is 10.1 Å². The summed E-state index contributed by atoms with van der Waals surface area (Å²) in [6.45, 7) is 0. The van der Waals surface area contributed by atoms with E-state index in [0.717, 1.165) is 31.2 Å². The molecule has 0 bridgehead atoms. The van der Waals surface area contributed by atoms with Gasteiger partial charge in [-0.25, -0.2) is 0 Å². The SMILES string of the molecule is NC1(c2nc(-c3cccc(Cl)c3)no2)CCCC1. The van der Waals surface area contributed by atoms with Gasteiger partial charge in [-0.2, -0.15) is 4.98 Å². The van der Waals surface area contributed by atoms with E-state index in [0.29, 0.717) is 16.7 Å². The van der Waals surface area contributed by atoms with Crippen molar-refractivity contribution < 1.29 is 4.52 Å². The highest BCUT2D eigenvalue weighted by atomic mass is 35.5. The zero-order valence-corrected chi connectivity index (χ0v) is 10.7. The molecule has 1 aliphatic carbocycles. The molecule has 0 amide bonds. The molecule has 2 aromatic rings. The van der Waals surface area contributed by atoms with Crippen LogP contribution in [0.25, 0.3) is 11.4 Å². The maximum Gasteiger partial charge on any atom is 0.247 e. The largest absolute Gasteiger partial charge is 0.337 e. The number of halogens is 1. The second kappa shape index (κ2) is 4.37. The number of benzene rings is 1. The topological polar surface area (TPSA) is 64.9 Å². The van der Waals surface area contributed by atoms with Gasteiger partial charge < -0.3 is 10.3 Å². The van der Waals surface area contributed by atoms with Crippen LogP contribution in [0.3, 0.4) is 0 Å². The van der Waals surface area contributed by atoms with Crippen LogP contribution in [0.4, 0.5) is 0 Å². The second-order valence-corrected chi connectivity index (χ2v) is 5.23. The molecule has 1 fully saturated rings. The predicted molar refractivity (Wildman–Crippen MR) is 69.1 cm³/mol. The molecule has 0 radical (unpaired) electrons. The highest BCUT2D eigenvalue weighted by Gasteiger charge is 2.36. The van der Waals surface area contributed by atoms with Gasteiger partial charge in [0.05, 0.1) is 5.54 Å². The Morgan fingerprint density at radius 3 is 2.78 bits per heavy atom. The van der Waals surface area contributed by atoms with Crippen molar-refractivity contribution in [1.82, 2.24) is 10.1 Å². The maximum atomic E-state index is 6.28. The summed E-state index contributed by atoms with van der Waals surface area (Å²) in [4.78, 5) is 4.41. The van der Waals surface area contributed by atoms with Crippen molar-refractivity contribution in [2.45, 2.75) is 31.2 Å². The molecular formula is C13H14ClN3O. The van der Waals surface area contributed by atoms with Gasteiger partial charge in [0, 0.05) is 10.6 Å². The smallest absolute Gasteiger partial charge is 0.247 e. The van der Waals surface area contributed by atoms with E-state index in [2.05, 4.69) is 10.1 Å². The fraction of sp³-hybridized carbons (Fsp3) is 0.385. The van der Waals surface area contributed by atoms with Gasteiger partial charge in [0.15, 0.2) is 0 Å². The minimum atomic E-state index is -0.441. The number of nitrogens with zero attached hydrogens (tertiary/aromatic N) is 2. The van der Waals surface area contributed by atoms with Crippen molar-refractivity contribution in [3.8, 4) is 11.4 Å². The van der Waals surface area contributed by atoms with Crippen LogP contribution in [-0.2, 0) is 5.54 Å². The Balaban J connectivity index is 1.94. The highest BCUT2D eigenvalue weighted by molar-refractivity contribution is 6.30. The Morgan fingerprint density at radius 1 is 1.28 bits per heavy atom. The number of hydrogen-bond acceptors (Lipinski definition) is 4. The molecule has 1 aromatic carbocycles. The molecule has 1 heterocycles. The fourth-order valence-corrected chi connectivity index (χ4v) is 2.58. The number of hydrogen-bond donors (Lipinski definition) is 1. The van der Waals surface area contributed by atoms with Crippen LogP contribution in [0.2, 0.25) is 5.02 Å². The third-order valence-corrected chi connectivity index (χ3v) is 3.67. The molecular weight excluding hydrogens is 250 g/mol. The molecule has 0 spiro atoms. The van der Waals surface area contributed by atoms with Crippen molar-refractivity contribution in [3.05, 3.63) is 35.2 Å². The van der Waals surface area contributed by atoms with Gasteiger partial charge in [-0.1, -0.05) is 41.7 Å². The molecule has 5 heteroatoms. The van der Waals surface area contributed by atoms with Crippen molar-refractivity contribution in [2.75, 3.05) is 0 Å². The molecule has 1 saturated carbocycles. The summed E-state index contributed by atoms with van der Waals surface area (Å²) >= 11 is 5.95. The Labute approximate surface area is 110 Å². The normalized spacial score (nSPS) is 18.1. The molecule has 94 valence electrons. The molecule has 1 aromatic heterocycles. The van der Waals surface area contributed by atoms with Crippen LogP contribution in [0.1, 0.15) is 31.6 Å². The van der Waals surface area contributed by atoms with E-state index < -0.39 is 5.54 Å². The Morgan fingerprint density at radius 2 is 2.06 bits per heavy atom. The standard InChI is InChI=1S/C13H14ClN3O/c14-10-5-3-4-9(8-10)11-16-12(18-17-11)13(15)6-1-2-7-13/h3-5,8H,1-2,6-7,15H2. The van der Waals surface area contributed by atoms with Crippen LogP contribution in [0, 0.1) is 0 Å². The lowest BCUT2D eigenvalue weighted by atomic mass is 9.99. The minimum Gasteiger partial charge on any atom is -0.337 e. The summed E-state index contributed by atoms with van der Waals surface area (Å²) in [6.07, 6.45) is 4.05. The van der Waals surface area contributed by atoms with E-state index in [-0.39, 0.29) is 0 Å². The molecule has 1 aliphatic rings. The lowest BCUT2D eigenvalue weighted by molar-refractivity contribution is 0.285. The van der Waals surface area contributed by atoms with Gasteiger partial charge >= 0.3 is 0 Å². The summed E-state index contributed by atoms with van der Waals surface area (Å²) < 4.78 is 5.32. The first-order chi connectivity index (χ1) is 8.67. The lowest BCUT2D eigenvalue weighted by Crippen LogP contribution is -2.33. The average molecular weight is 264 g/mol. The summed E-state index contributed by atoms with van der Waals surface area (Å²) in [6, 6.07) is 7.39. The van der Waals surface area contributed by atoms with E-state index in [1.54, 1.807) is 0 Å². The Hall–Kier alpha value is -1.39. The van der Waals surface area contributed by atoms with E-state index in [9.17, 15) is 0 Å². The van der Waals surface area contributed by atoms with Crippen LogP contribution >= 0.6 is 11.6 Å². The molecule has 0 atom stereocenters. The first-order valence-corrected chi connectivity index (χ1v) is 6.44. The minimum absolute atomic E-state index is 0.441. The third kappa shape index (κ3) is 2.02. The van der Waals surface area contributed by atoms with Crippen molar-refractivity contribution in [1.29, 1.82) is 0 Å². The van der Waals surface area contributed by atoms with Gasteiger partial charge in [0.1, 0.15) is 0 Å². The van der Waals surface area contributed by atoms with Gasteiger partial charge in [0.2, 0.25) is 11.7 Å². The van der Waals surface area contributed by atoms with E-state index in [4.69, 9.17) is 21.9 Å². The zero-order valence-electron chi connectivity index (χ0n) is 9.90. The number of nitrogens with two attached hydrogens (primary N) is 1. The van der Waals surface area contributed by atoms with Gasteiger partial charge in [0.25, 0.3) is 0 Å². The van der Waals surface area contributed by atoms with Crippen molar-refractivity contribution in [2.24, 2.45) is 5.73 Å². The Bertz CT molecular complexity index is 561. The molecule has 2 N–H and O–H groups in total. The van der Waals surface area contributed by atoms with Gasteiger partial charge in [-0.05, 0) is 25.0 Å². The maximum absolute atomic E-state index is 6.28. The first-order valence-electron chi connectivity index (χ1n) is 6.06. The lowest BCUT2D eigenvalue weighted by Gasteiger charge is -2.17. The first kappa shape index (κ1) is 11.7. The summed E-state index contributed by atoms with van der Waals surface area (Å²) in [5, 5.41) is 4.65. The monoisotopic (exact) mass is 263 g/mol. The molecule has 3 rings (SSSR count). The zero-order chi connectivity index (χ0) is 12.6. The Kier molecular flexibility index (Phi) is 2.84. The quantitative estimate of drug-likeness (QED) is 0.904. The molecule has 0 unspecified atom stereocenters. The van der Waals surface area contributed by atoms with E-state index >= 15 is 0 Å². The number of aromatic nitrogens is 2. The molecule has 4 nitrogen and oxygen atoms in total. The summed E-state index contributed by atoms with van der Waals surface area (Å²) in [5.74, 6) is 1.08. The highest BCUT2D eigenvalue weighted by Crippen LogP contribution is 2.36. The summed E-state index contributed by atoms with van der Waals surface area (Å²) in [5.41, 5.74) is 6.69. The van der Waals surface area contributed by atoms with Crippen molar-refractivity contribution >= 4 is 11.6 Å². The molecule has 0 aliphatic heterocycles.